The van der Waals surface area contributed by atoms with E-state index in [0.717, 1.165) is 46.6 Å². The van der Waals surface area contributed by atoms with E-state index in [9.17, 15) is 4.39 Å². The van der Waals surface area contributed by atoms with E-state index in [1.165, 1.54) is 17.0 Å². The minimum atomic E-state index is -0.273. The summed E-state index contributed by atoms with van der Waals surface area (Å²) in [6, 6.07) is 16.5. The van der Waals surface area contributed by atoms with Gasteiger partial charge in [-0.25, -0.2) is 4.39 Å². The zero-order chi connectivity index (χ0) is 24.3. The van der Waals surface area contributed by atoms with Gasteiger partial charge in [0.15, 0.2) is 0 Å². The summed E-state index contributed by atoms with van der Waals surface area (Å²) in [7, 11) is 0. The number of benzene rings is 2. The maximum absolute atomic E-state index is 14.4. The molecule has 0 bridgehead atoms. The molecule has 1 heterocycles. The molecule has 0 atom stereocenters. The number of aromatic nitrogens is 1. The van der Waals surface area contributed by atoms with Crippen LogP contribution in [0.3, 0.4) is 0 Å². The molecule has 0 aliphatic heterocycles. The molecule has 176 valence electrons. The van der Waals surface area contributed by atoms with Crippen molar-refractivity contribution in [2.24, 2.45) is 4.99 Å². The minimum Gasteiger partial charge on any atom is -0.361 e. The van der Waals surface area contributed by atoms with Crippen LogP contribution < -0.4 is 5.32 Å². The summed E-state index contributed by atoms with van der Waals surface area (Å²) in [5, 5.41) is 4.72. The Morgan fingerprint density at radius 1 is 1.06 bits per heavy atom. The first-order valence-corrected chi connectivity index (χ1v) is 11.9. The van der Waals surface area contributed by atoms with Crippen molar-refractivity contribution < 1.29 is 4.39 Å². The molecule has 34 heavy (non-hydrogen) atoms. The topological polar surface area (TPSA) is 40.2 Å². The van der Waals surface area contributed by atoms with Gasteiger partial charge in [0.05, 0.1) is 0 Å². The number of allylic oxidation sites excluding steroid dienone is 6. The van der Waals surface area contributed by atoms with E-state index in [2.05, 4.69) is 53.8 Å². The molecule has 0 amide bonds. The number of halogens is 1. The lowest BCUT2D eigenvalue weighted by atomic mass is 10.1. The number of H-pyrrole nitrogens is 1. The Kier molecular flexibility index (Phi) is 9.21. The standard InChI is InChI=1S/C30H34FN3/c1-5-8-14-25(31)20-23(6-2)28(7-3)34-30(26-15-10-9-13-22(26)4)32-19-18-24-21-33-29-17-12-11-16-27(24)29/h6-17,20-21,33H,5,18-19H2,1-4H3,(H,32,34)/b14-8+,23-6+,25-20+,28-7-. The molecule has 0 spiro atoms. The van der Waals surface area contributed by atoms with Gasteiger partial charge in [-0.05, 0) is 68.5 Å². The van der Waals surface area contributed by atoms with Crippen LogP contribution in [-0.4, -0.2) is 17.4 Å². The van der Waals surface area contributed by atoms with Crippen LogP contribution in [0.25, 0.3) is 10.9 Å². The lowest BCUT2D eigenvalue weighted by molar-refractivity contribution is 0.665. The average Bonchev–Trinajstić information content (AvgIpc) is 3.27. The normalized spacial score (nSPS) is 13.8. The van der Waals surface area contributed by atoms with Crippen LogP contribution in [0, 0.1) is 6.92 Å². The van der Waals surface area contributed by atoms with Gasteiger partial charge in [0, 0.05) is 34.9 Å². The highest BCUT2D eigenvalue weighted by atomic mass is 19.1. The highest BCUT2D eigenvalue weighted by molar-refractivity contribution is 6.01. The summed E-state index contributed by atoms with van der Waals surface area (Å²) < 4.78 is 14.4. The first-order valence-electron chi connectivity index (χ1n) is 11.9. The van der Waals surface area contributed by atoms with E-state index in [4.69, 9.17) is 4.99 Å². The molecule has 0 radical (unpaired) electrons. The van der Waals surface area contributed by atoms with Crippen LogP contribution in [0.15, 0.2) is 107 Å². The summed E-state index contributed by atoms with van der Waals surface area (Å²) in [5.41, 5.74) is 6.14. The molecule has 4 heteroatoms. The molecule has 0 fully saturated rings. The number of hydrogen-bond acceptors (Lipinski definition) is 1. The number of hydrogen-bond donors (Lipinski definition) is 2. The number of para-hydroxylation sites is 1. The quantitative estimate of drug-likeness (QED) is 0.193. The molecule has 2 N–H and O–H groups in total. The third-order valence-electron chi connectivity index (χ3n) is 5.70. The second kappa shape index (κ2) is 12.5. The van der Waals surface area contributed by atoms with E-state index in [-0.39, 0.29) is 5.83 Å². The van der Waals surface area contributed by atoms with Crippen LogP contribution in [-0.2, 0) is 6.42 Å². The average molecular weight is 456 g/mol. The van der Waals surface area contributed by atoms with Crippen molar-refractivity contribution in [1.82, 2.24) is 10.3 Å². The van der Waals surface area contributed by atoms with E-state index in [1.807, 2.05) is 57.2 Å². The third-order valence-corrected chi connectivity index (χ3v) is 5.70. The SMILES string of the molecule is C/C=C(NC(=NCCc1c[nH]c2ccccc12)c1ccccc1C)/C(/C=C(F)\C=C\CC)=C/C. The maximum Gasteiger partial charge on any atom is 0.133 e. The van der Waals surface area contributed by atoms with E-state index in [1.54, 1.807) is 6.08 Å². The monoisotopic (exact) mass is 455 g/mol. The molecule has 3 rings (SSSR count). The smallest absolute Gasteiger partial charge is 0.133 e. The zero-order valence-electron chi connectivity index (χ0n) is 20.5. The van der Waals surface area contributed by atoms with Gasteiger partial charge in [-0.2, -0.15) is 0 Å². The van der Waals surface area contributed by atoms with E-state index in [0.29, 0.717) is 6.54 Å². The fraction of sp³-hybridized carbons (Fsp3) is 0.233. The van der Waals surface area contributed by atoms with Crippen molar-refractivity contribution in [2.45, 2.75) is 40.5 Å². The Morgan fingerprint density at radius 2 is 1.82 bits per heavy atom. The van der Waals surface area contributed by atoms with Gasteiger partial charge in [-0.15, -0.1) is 0 Å². The largest absolute Gasteiger partial charge is 0.361 e. The second-order valence-corrected chi connectivity index (χ2v) is 8.07. The Hall–Kier alpha value is -3.66. The van der Waals surface area contributed by atoms with Gasteiger partial charge in [0.1, 0.15) is 11.7 Å². The summed E-state index contributed by atoms with van der Waals surface area (Å²) in [5.74, 6) is 0.508. The molecule has 0 aliphatic rings. The molecule has 3 aromatic rings. The molecule has 1 aromatic heterocycles. The van der Waals surface area contributed by atoms with Crippen molar-refractivity contribution in [3.8, 4) is 0 Å². The second-order valence-electron chi connectivity index (χ2n) is 8.07. The van der Waals surface area contributed by atoms with Crippen molar-refractivity contribution in [3.05, 3.63) is 119 Å². The fourth-order valence-electron chi connectivity index (χ4n) is 3.84. The number of aryl methyl sites for hydroxylation is 1. The molecule has 0 saturated carbocycles. The molecule has 3 nitrogen and oxygen atoms in total. The van der Waals surface area contributed by atoms with Crippen LogP contribution in [0.2, 0.25) is 0 Å². The van der Waals surface area contributed by atoms with Gasteiger partial charge in [-0.1, -0.05) is 67.6 Å². The Bertz CT molecular complexity index is 1250. The van der Waals surface area contributed by atoms with Crippen LogP contribution in [0.5, 0.6) is 0 Å². The first-order chi connectivity index (χ1) is 16.6. The lowest BCUT2D eigenvalue weighted by Gasteiger charge is -2.16. The highest BCUT2D eigenvalue weighted by Crippen LogP contribution is 2.19. The van der Waals surface area contributed by atoms with Crippen molar-refractivity contribution >= 4 is 16.7 Å². The van der Waals surface area contributed by atoms with Gasteiger partial charge >= 0.3 is 0 Å². The Morgan fingerprint density at radius 3 is 2.56 bits per heavy atom. The summed E-state index contributed by atoms with van der Waals surface area (Å²) in [4.78, 5) is 8.30. The molecule has 0 unspecified atom stereocenters. The summed E-state index contributed by atoms with van der Waals surface area (Å²) in [6.07, 6.45) is 12.4. The van der Waals surface area contributed by atoms with Gasteiger partial charge in [-0.3, -0.25) is 4.99 Å². The Labute approximate surface area is 202 Å². The summed E-state index contributed by atoms with van der Waals surface area (Å²) in [6.45, 7) is 8.55. The van der Waals surface area contributed by atoms with Gasteiger partial charge in [0.2, 0.25) is 0 Å². The first kappa shape index (κ1) is 25.0. The molecule has 0 aliphatic carbocycles. The van der Waals surface area contributed by atoms with Crippen molar-refractivity contribution in [3.63, 3.8) is 0 Å². The number of nitrogens with zero attached hydrogens (tertiary/aromatic N) is 1. The minimum absolute atomic E-state index is 0.273. The molecular formula is C30H34FN3. The number of nitrogens with one attached hydrogen (secondary N) is 2. The third kappa shape index (κ3) is 6.44. The number of aliphatic imine (C=N–C) groups is 1. The highest BCUT2D eigenvalue weighted by Gasteiger charge is 2.11. The zero-order valence-corrected chi connectivity index (χ0v) is 20.5. The van der Waals surface area contributed by atoms with Crippen molar-refractivity contribution in [1.29, 1.82) is 0 Å². The lowest BCUT2D eigenvalue weighted by Crippen LogP contribution is -2.26. The number of aromatic amines is 1. The van der Waals surface area contributed by atoms with Crippen molar-refractivity contribution in [2.75, 3.05) is 6.54 Å². The number of fused-ring (bicyclic) bond motifs is 1. The number of rotatable bonds is 9. The summed E-state index contributed by atoms with van der Waals surface area (Å²) >= 11 is 0. The molecule has 2 aromatic carbocycles. The maximum atomic E-state index is 14.4. The number of amidine groups is 1. The predicted octanol–water partition coefficient (Wildman–Crippen LogP) is 7.72. The predicted molar refractivity (Wildman–Crippen MR) is 144 cm³/mol. The van der Waals surface area contributed by atoms with Crippen LogP contribution in [0.1, 0.15) is 43.9 Å². The van der Waals surface area contributed by atoms with Crippen LogP contribution in [0.4, 0.5) is 4.39 Å². The van der Waals surface area contributed by atoms with E-state index >= 15 is 0 Å². The fourth-order valence-corrected chi connectivity index (χ4v) is 3.84. The van der Waals surface area contributed by atoms with Gasteiger partial charge < -0.3 is 10.3 Å². The van der Waals surface area contributed by atoms with Crippen LogP contribution >= 0.6 is 0 Å². The van der Waals surface area contributed by atoms with Gasteiger partial charge in [0.25, 0.3) is 0 Å². The Balaban J connectivity index is 1.88. The molecule has 0 saturated heterocycles. The molecular weight excluding hydrogens is 421 g/mol. The van der Waals surface area contributed by atoms with E-state index < -0.39 is 0 Å².